The van der Waals surface area contributed by atoms with Gasteiger partial charge < -0.3 is 9.64 Å². The van der Waals surface area contributed by atoms with Crippen LogP contribution < -0.4 is 4.74 Å². The van der Waals surface area contributed by atoms with Crippen molar-refractivity contribution < 1.29 is 18.3 Å². The van der Waals surface area contributed by atoms with Gasteiger partial charge in [0, 0.05) is 6.42 Å². The number of hydrogen-bond donors (Lipinski definition) is 0. The molecule has 0 spiro atoms. The molecule has 184 valence electrons. The van der Waals surface area contributed by atoms with E-state index in [0.29, 0.717) is 18.1 Å². The summed E-state index contributed by atoms with van der Waals surface area (Å²) < 4.78 is 33.6. The number of ether oxygens (including phenoxy) is 1. The molecule has 2 aromatic rings. The molecular formula is C27H30F2N4O2. The van der Waals surface area contributed by atoms with Gasteiger partial charge in [-0.3, -0.25) is 9.78 Å². The Hall–Kier alpha value is -3.08. The van der Waals surface area contributed by atoms with Gasteiger partial charge in [0.25, 0.3) is 0 Å². The quantitative estimate of drug-likeness (QED) is 0.431. The van der Waals surface area contributed by atoms with Crippen molar-refractivity contribution in [2.75, 3.05) is 13.2 Å². The normalized spacial score (nSPS) is 28.7. The van der Waals surface area contributed by atoms with Crippen LogP contribution in [0, 0.1) is 28.0 Å². The van der Waals surface area contributed by atoms with E-state index < -0.39 is 6.17 Å². The first-order valence-corrected chi connectivity index (χ1v) is 12.5. The van der Waals surface area contributed by atoms with Crippen LogP contribution in [-0.4, -0.2) is 40.1 Å². The zero-order chi connectivity index (χ0) is 24.5. The van der Waals surface area contributed by atoms with E-state index in [1.165, 1.54) is 24.5 Å². The Morgan fingerprint density at radius 2 is 2.00 bits per heavy atom. The van der Waals surface area contributed by atoms with E-state index in [2.05, 4.69) is 9.97 Å². The molecule has 8 heteroatoms. The number of benzene rings is 1. The first-order valence-electron chi connectivity index (χ1n) is 12.5. The molecule has 1 amide bonds. The lowest BCUT2D eigenvalue weighted by Gasteiger charge is -2.70. The SMILES string of the molecule is N#Cc1cncc(OCCCCCCC23CC(C(=O)N4CC(F)CC4c4cccc(F)c4)(C2)C3)n1. The summed E-state index contributed by atoms with van der Waals surface area (Å²) >= 11 is 0. The summed E-state index contributed by atoms with van der Waals surface area (Å²) in [5, 5.41) is 8.85. The van der Waals surface area contributed by atoms with Gasteiger partial charge in [-0.1, -0.05) is 31.4 Å². The Morgan fingerprint density at radius 3 is 2.77 bits per heavy atom. The molecule has 2 bridgehead atoms. The fraction of sp³-hybridized carbons (Fsp3) is 0.556. The summed E-state index contributed by atoms with van der Waals surface area (Å²) in [5.41, 5.74) is 0.898. The number of unbranched alkanes of at least 4 members (excludes halogenated alkanes) is 3. The number of amides is 1. The predicted molar refractivity (Wildman–Crippen MR) is 124 cm³/mol. The van der Waals surface area contributed by atoms with E-state index in [1.807, 2.05) is 6.07 Å². The van der Waals surface area contributed by atoms with Crippen molar-refractivity contribution >= 4 is 5.91 Å². The lowest BCUT2D eigenvalue weighted by atomic mass is 9.33. The summed E-state index contributed by atoms with van der Waals surface area (Å²) in [6.45, 7) is 0.660. The maximum atomic E-state index is 14.3. The number of likely N-dealkylation sites (tertiary alicyclic amines) is 1. The second-order valence-electron chi connectivity index (χ2n) is 10.5. The van der Waals surface area contributed by atoms with Crippen molar-refractivity contribution in [1.29, 1.82) is 5.26 Å². The van der Waals surface area contributed by atoms with E-state index in [0.717, 1.165) is 51.4 Å². The second kappa shape index (κ2) is 9.52. The molecule has 6 rings (SSSR count). The lowest BCUT2D eigenvalue weighted by molar-refractivity contribution is -0.220. The summed E-state index contributed by atoms with van der Waals surface area (Å²) in [7, 11) is 0. The van der Waals surface area contributed by atoms with Crippen molar-refractivity contribution in [2.24, 2.45) is 10.8 Å². The molecule has 1 aliphatic heterocycles. The third-order valence-corrected chi connectivity index (χ3v) is 7.92. The molecule has 3 saturated carbocycles. The molecule has 1 aromatic carbocycles. The average Bonchev–Trinajstić information content (AvgIpc) is 3.20. The third-order valence-electron chi connectivity index (χ3n) is 7.92. The van der Waals surface area contributed by atoms with E-state index in [9.17, 15) is 13.6 Å². The van der Waals surface area contributed by atoms with Gasteiger partial charge in [0.15, 0.2) is 5.69 Å². The molecule has 1 aromatic heterocycles. The van der Waals surface area contributed by atoms with Crippen molar-refractivity contribution in [3.63, 3.8) is 0 Å². The van der Waals surface area contributed by atoms with Crippen molar-refractivity contribution in [3.8, 4) is 11.9 Å². The number of carbonyl (C=O) groups excluding carboxylic acids is 1. The Morgan fingerprint density at radius 1 is 1.20 bits per heavy atom. The van der Waals surface area contributed by atoms with Crippen LogP contribution >= 0.6 is 0 Å². The van der Waals surface area contributed by atoms with Gasteiger partial charge in [-0.15, -0.1) is 0 Å². The maximum absolute atomic E-state index is 14.3. The highest BCUT2D eigenvalue weighted by atomic mass is 19.1. The molecule has 4 aliphatic rings. The first-order chi connectivity index (χ1) is 16.9. The molecule has 0 N–H and O–H groups in total. The summed E-state index contributed by atoms with van der Waals surface area (Å²) in [5.74, 6) is 0.0919. The zero-order valence-corrected chi connectivity index (χ0v) is 19.8. The Balaban J connectivity index is 1.03. The lowest BCUT2D eigenvalue weighted by Crippen LogP contribution is -2.68. The molecule has 35 heavy (non-hydrogen) atoms. The van der Waals surface area contributed by atoms with Gasteiger partial charge in [0.2, 0.25) is 11.8 Å². The minimum Gasteiger partial charge on any atom is -0.477 e. The van der Waals surface area contributed by atoms with Crippen LogP contribution in [0.3, 0.4) is 0 Å². The molecule has 0 radical (unpaired) electrons. The predicted octanol–water partition coefficient (Wildman–Crippen LogP) is 5.30. The number of halogens is 2. The van der Waals surface area contributed by atoms with Crippen molar-refractivity contribution in [1.82, 2.24) is 14.9 Å². The number of rotatable bonds is 10. The average molecular weight is 481 g/mol. The summed E-state index contributed by atoms with van der Waals surface area (Å²) in [6, 6.07) is 7.79. The number of nitriles is 1. The minimum absolute atomic E-state index is 0.0644. The van der Waals surface area contributed by atoms with E-state index in [4.69, 9.17) is 10.00 Å². The molecule has 1 saturated heterocycles. The molecule has 3 aliphatic carbocycles. The van der Waals surface area contributed by atoms with Crippen LogP contribution in [0.2, 0.25) is 0 Å². The number of carbonyl (C=O) groups is 1. The molecule has 4 fully saturated rings. The Bertz CT molecular complexity index is 1110. The molecule has 6 nitrogen and oxygen atoms in total. The number of alkyl halides is 1. The standard InChI is InChI=1S/C27H30F2N4O2/c28-20-7-5-6-19(10-20)23-11-21(29)15-33(23)25(34)27-16-26(17-27,18-27)8-3-1-2-4-9-35-24-14-31-13-22(12-30)32-24/h5-7,10,13-14,21,23H,1-4,8-9,11,15-18H2. The van der Waals surface area contributed by atoms with E-state index in [1.54, 1.807) is 17.0 Å². The highest BCUT2D eigenvalue weighted by molar-refractivity contribution is 5.87. The van der Waals surface area contributed by atoms with Crippen LogP contribution in [0.1, 0.15) is 75.1 Å². The highest BCUT2D eigenvalue weighted by Crippen LogP contribution is 2.76. The van der Waals surface area contributed by atoms with Crippen LogP contribution in [0.25, 0.3) is 0 Å². The third kappa shape index (κ3) is 4.73. The van der Waals surface area contributed by atoms with E-state index in [-0.39, 0.29) is 47.3 Å². The molecular weight excluding hydrogens is 450 g/mol. The van der Waals surface area contributed by atoms with Gasteiger partial charge in [-0.2, -0.15) is 10.2 Å². The van der Waals surface area contributed by atoms with E-state index >= 15 is 0 Å². The van der Waals surface area contributed by atoms with Gasteiger partial charge in [0.05, 0.1) is 37.0 Å². The Labute approximate surface area is 204 Å². The number of aromatic nitrogens is 2. The van der Waals surface area contributed by atoms with Crippen LogP contribution in [0.4, 0.5) is 8.78 Å². The monoisotopic (exact) mass is 480 g/mol. The largest absolute Gasteiger partial charge is 0.477 e. The van der Waals surface area contributed by atoms with Crippen LogP contribution in [0.15, 0.2) is 36.7 Å². The Kier molecular flexibility index (Phi) is 6.43. The summed E-state index contributed by atoms with van der Waals surface area (Å²) in [6.07, 6.45) is 10.1. The fourth-order valence-electron chi connectivity index (χ4n) is 6.44. The van der Waals surface area contributed by atoms with Gasteiger partial charge in [-0.05, 0) is 55.2 Å². The topological polar surface area (TPSA) is 79.1 Å². The van der Waals surface area contributed by atoms with Crippen molar-refractivity contribution in [3.05, 3.63) is 53.7 Å². The van der Waals surface area contributed by atoms with Crippen molar-refractivity contribution in [2.45, 2.75) is 70.0 Å². The summed E-state index contributed by atoms with van der Waals surface area (Å²) in [4.78, 5) is 23.0. The van der Waals surface area contributed by atoms with Gasteiger partial charge in [-0.25, -0.2) is 8.78 Å². The first kappa shape index (κ1) is 23.7. The van der Waals surface area contributed by atoms with Crippen LogP contribution in [0.5, 0.6) is 5.88 Å². The smallest absolute Gasteiger partial charge is 0.233 e. The van der Waals surface area contributed by atoms with Gasteiger partial charge in [0.1, 0.15) is 18.1 Å². The minimum atomic E-state index is -1.06. The zero-order valence-electron chi connectivity index (χ0n) is 19.8. The highest BCUT2D eigenvalue weighted by Gasteiger charge is 2.71. The molecule has 2 atom stereocenters. The molecule has 2 heterocycles. The second-order valence-corrected chi connectivity index (χ2v) is 10.5. The molecule has 2 unspecified atom stereocenters. The fourth-order valence-corrected chi connectivity index (χ4v) is 6.44. The maximum Gasteiger partial charge on any atom is 0.233 e. The van der Waals surface area contributed by atoms with Gasteiger partial charge >= 0.3 is 0 Å². The van der Waals surface area contributed by atoms with Crippen LogP contribution in [-0.2, 0) is 4.79 Å². The number of nitrogens with zero attached hydrogens (tertiary/aromatic N) is 4. The number of hydrogen-bond acceptors (Lipinski definition) is 5.